The molecule has 0 saturated heterocycles. The van der Waals surface area contributed by atoms with Crippen LogP contribution in [-0.2, 0) is 9.84 Å². The molecule has 0 amide bonds. The zero-order chi connectivity index (χ0) is 11.6. The van der Waals surface area contributed by atoms with Crippen molar-refractivity contribution in [3.63, 3.8) is 0 Å². The summed E-state index contributed by atoms with van der Waals surface area (Å²) in [5, 5.41) is 0.469. The average Bonchev–Trinajstić information content (AvgIpc) is 2.15. The van der Waals surface area contributed by atoms with Gasteiger partial charge in [0.1, 0.15) is 0 Å². The van der Waals surface area contributed by atoms with E-state index in [0.29, 0.717) is 5.02 Å². The van der Waals surface area contributed by atoms with Crippen LogP contribution in [0.15, 0.2) is 24.3 Å². The van der Waals surface area contributed by atoms with Gasteiger partial charge in [-0.05, 0) is 24.3 Å². The van der Waals surface area contributed by atoms with Gasteiger partial charge in [0.2, 0.25) is 0 Å². The Hall–Kier alpha value is -0.580. The molecule has 0 spiro atoms. The van der Waals surface area contributed by atoms with Gasteiger partial charge in [0.25, 0.3) is 0 Å². The minimum atomic E-state index is -3.58. The van der Waals surface area contributed by atoms with Crippen LogP contribution in [0.5, 0.6) is 0 Å². The van der Waals surface area contributed by atoms with Crippen molar-refractivity contribution in [2.24, 2.45) is 0 Å². The minimum Gasteiger partial charge on any atom is -0.291 e. The maximum Gasteiger partial charge on any atom is 0.197 e. The molecule has 15 heavy (non-hydrogen) atoms. The lowest BCUT2D eigenvalue weighted by Crippen LogP contribution is -2.23. The van der Waals surface area contributed by atoms with Crippen LogP contribution in [0, 0.1) is 0 Å². The van der Waals surface area contributed by atoms with Gasteiger partial charge in [0.05, 0.1) is 0 Å². The fraction of sp³-hybridized carbons (Fsp3) is 0.222. The molecular formula is C9H8Cl2O3S. The van der Waals surface area contributed by atoms with E-state index in [-0.39, 0.29) is 5.56 Å². The van der Waals surface area contributed by atoms with Gasteiger partial charge in [-0.15, -0.1) is 0 Å². The first kappa shape index (κ1) is 12.5. The summed E-state index contributed by atoms with van der Waals surface area (Å²) in [6.45, 7) is 0. The molecule has 0 N–H and O–H groups in total. The van der Waals surface area contributed by atoms with Gasteiger partial charge in [-0.3, -0.25) is 4.79 Å². The number of rotatable bonds is 3. The third-order valence-corrected chi connectivity index (χ3v) is 4.10. The van der Waals surface area contributed by atoms with E-state index >= 15 is 0 Å². The van der Waals surface area contributed by atoms with Crippen molar-refractivity contribution in [2.75, 3.05) is 6.26 Å². The predicted molar refractivity (Wildman–Crippen MR) is 60.3 cm³/mol. The van der Waals surface area contributed by atoms with Gasteiger partial charge in [0.15, 0.2) is 20.3 Å². The van der Waals surface area contributed by atoms with Crippen LogP contribution in [0.4, 0.5) is 0 Å². The Morgan fingerprint density at radius 3 is 2.13 bits per heavy atom. The van der Waals surface area contributed by atoms with E-state index in [1.807, 2.05) is 0 Å². The quantitative estimate of drug-likeness (QED) is 0.622. The Balaban J connectivity index is 3.01. The van der Waals surface area contributed by atoms with Crippen molar-refractivity contribution >= 4 is 38.8 Å². The fourth-order valence-corrected chi connectivity index (χ4v) is 1.72. The predicted octanol–water partition coefficient (Wildman–Crippen LogP) is 2.13. The molecule has 0 aliphatic rings. The van der Waals surface area contributed by atoms with Crippen molar-refractivity contribution in [3.05, 3.63) is 34.9 Å². The van der Waals surface area contributed by atoms with E-state index in [1.165, 1.54) is 24.3 Å². The molecule has 0 unspecified atom stereocenters. The number of sulfone groups is 1. The summed E-state index contributed by atoms with van der Waals surface area (Å²) in [7, 11) is -3.58. The Morgan fingerprint density at radius 1 is 1.27 bits per heavy atom. The Bertz CT molecular complexity index is 465. The lowest BCUT2D eigenvalue weighted by atomic mass is 10.1. The smallest absolute Gasteiger partial charge is 0.197 e. The molecule has 1 rings (SSSR count). The number of halogens is 2. The zero-order valence-electron chi connectivity index (χ0n) is 7.78. The first-order valence-electron chi connectivity index (χ1n) is 3.95. The van der Waals surface area contributed by atoms with Crippen molar-refractivity contribution in [1.82, 2.24) is 0 Å². The summed E-state index contributed by atoms with van der Waals surface area (Å²) in [6.07, 6.45) is 0.915. The maximum absolute atomic E-state index is 11.5. The van der Waals surface area contributed by atoms with Crippen LogP contribution in [0.1, 0.15) is 10.4 Å². The summed E-state index contributed by atoms with van der Waals surface area (Å²) in [5.41, 5.74) is 0.227. The van der Waals surface area contributed by atoms with Gasteiger partial charge in [-0.25, -0.2) is 8.42 Å². The van der Waals surface area contributed by atoms with Crippen LogP contribution >= 0.6 is 23.2 Å². The third-order valence-electron chi connectivity index (χ3n) is 1.71. The lowest BCUT2D eigenvalue weighted by Gasteiger charge is -2.05. The van der Waals surface area contributed by atoms with Gasteiger partial charge >= 0.3 is 0 Å². The fourth-order valence-electron chi connectivity index (χ4n) is 0.940. The number of hydrogen-bond acceptors (Lipinski definition) is 3. The molecular weight excluding hydrogens is 259 g/mol. The second-order valence-corrected chi connectivity index (χ2v) is 6.28. The van der Waals surface area contributed by atoms with Crippen molar-refractivity contribution in [1.29, 1.82) is 0 Å². The number of benzene rings is 1. The standard InChI is InChI=1S/C9H8Cl2O3S/c1-15(13,14)9(11)8(12)6-2-4-7(10)5-3-6/h2-5,9H,1H3/t9-/m1/s1. The largest absolute Gasteiger partial charge is 0.291 e. The lowest BCUT2D eigenvalue weighted by molar-refractivity contribution is 0.101. The average molecular weight is 267 g/mol. The normalized spacial score (nSPS) is 13.5. The highest BCUT2D eigenvalue weighted by molar-refractivity contribution is 7.93. The number of carbonyl (C=O) groups is 1. The highest BCUT2D eigenvalue weighted by Crippen LogP contribution is 2.16. The van der Waals surface area contributed by atoms with Crippen LogP contribution in [-0.4, -0.2) is 25.2 Å². The summed E-state index contributed by atoms with van der Waals surface area (Å²) in [6, 6.07) is 5.87. The molecule has 0 aliphatic heterocycles. The van der Waals surface area contributed by atoms with Gasteiger partial charge in [-0.2, -0.15) is 0 Å². The molecule has 6 heteroatoms. The van der Waals surface area contributed by atoms with Crippen LogP contribution < -0.4 is 0 Å². The molecule has 0 fully saturated rings. The second kappa shape index (κ2) is 4.51. The highest BCUT2D eigenvalue weighted by Gasteiger charge is 2.26. The Morgan fingerprint density at radius 2 is 1.73 bits per heavy atom. The number of Topliss-reactive ketones (excluding diaryl/α,β-unsaturated/α-hetero) is 1. The molecule has 0 saturated carbocycles. The van der Waals surface area contributed by atoms with Crippen molar-refractivity contribution in [3.8, 4) is 0 Å². The highest BCUT2D eigenvalue weighted by atomic mass is 35.5. The van der Waals surface area contributed by atoms with E-state index < -0.39 is 20.3 Å². The number of ketones is 1. The van der Waals surface area contributed by atoms with E-state index in [2.05, 4.69) is 0 Å². The van der Waals surface area contributed by atoms with Crippen LogP contribution in [0.3, 0.4) is 0 Å². The minimum absolute atomic E-state index is 0.227. The maximum atomic E-state index is 11.5. The number of hydrogen-bond donors (Lipinski definition) is 0. The number of carbonyl (C=O) groups excluding carboxylic acids is 1. The van der Waals surface area contributed by atoms with E-state index in [0.717, 1.165) is 6.26 Å². The van der Waals surface area contributed by atoms with Crippen LogP contribution in [0.2, 0.25) is 5.02 Å². The van der Waals surface area contributed by atoms with Crippen molar-refractivity contribution < 1.29 is 13.2 Å². The van der Waals surface area contributed by atoms with E-state index in [4.69, 9.17) is 23.2 Å². The molecule has 3 nitrogen and oxygen atoms in total. The molecule has 0 aliphatic carbocycles. The van der Waals surface area contributed by atoms with Crippen LogP contribution in [0.25, 0.3) is 0 Å². The topological polar surface area (TPSA) is 51.2 Å². The first-order valence-corrected chi connectivity index (χ1v) is 6.72. The summed E-state index contributed by atoms with van der Waals surface area (Å²) >= 11 is 11.1. The number of alkyl halides is 1. The zero-order valence-corrected chi connectivity index (χ0v) is 10.1. The van der Waals surface area contributed by atoms with Gasteiger partial charge in [-0.1, -0.05) is 23.2 Å². The van der Waals surface area contributed by atoms with Gasteiger partial charge < -0.3 is 0 Å². The third kappa shape index (κ3) is 3.19. The molecule has 0 radical (unpaired) electrons. The molecule has 0 aromatic heterocycles. The first-order chi connectivity index (χ1) is 6.82. The second-order valence-electron chi connectivity index (χ2n) is 3.02. The molecule has 1 atom stereocenters. The molecule has 1 aromatic carbocycles. The summed E-state index contributed by atoms with van der Waals surface area (Å²) in [5.74, 6) is -0.643. The summed E-state index contributed by atoms with van der Waals surface area (Å²) in [4.78, 5) is 11.5. The monoisotopic (exact) mass is 266 g/mol. The van der Waals surface area contributed by atoms with E-state index in [9.17, 15) is 13.2 Å². The van der Waals surface area contributed by atoms with E-state index in [1.54, 1.807) is 0 Å². The molecule has 0 heterocycles. The molecule has 0 bridgehead atoms. The summed E-state index contributed by atoms with van der Waals surface area (Å²) < 4.78 is 20.5. The SMILES string of the molecule is CS(=O)(=O)[C@@H](Cl)C(=O)c1ccc(Cl)cc1. The molecule has 82 valence electrons. The van der Waals surface area contributed by atoms with Gasteiger partial charge in [0, 0.05) is 16.8 Å². The Labute approximate surface area is 97.9 Å². The molecule has 1 aromatic rings. The van der Waals surface area contributed by atoms with Crippen molar-refractivity contribution in [2.45, 2.75) is 4.71 Å². The Kier molecular flexibility index (Phi) is 3.76.